The molecule has 1 aromatic carbocycles. The number of nitrogens with zero attached hydrogens (tertiary/aromatic N) is 1. The highest BCUT2D eigenvalue weighted by Gasteiger charge is 2.51. The third-order valence-corrected chi connectivity index (χ3v) is 4.95. The van der Waals surface area contributed by atoms with Gasteiger partial charge in [-0.15, -0.1) is 0 Å². The van der Waals surface area contributed by atoms with Crippen LogP contribution in [0.5, 0.6) is 0 Å². The highest BCUT2D eigenvalue weighted by molar-refractivity contribution is 6.62. The smallest absolute Gasteiger partial charge is 0.399 e. The summed E-state index contributed by atoms with van der Waals surface area (Å²) in [6, 6.07) is 5.90. The average molecular weight is 287 g/mol. The Morgan fingerprint density at radius 3 is 2.38 bits per heavy atom. The van der Waals surface area contributed by atoms with Crippen molar-refractivity contribution in [2.24, 2.45) is 0 Å². The molecular weight excluding hydrogens is 265 g/mol. The molecule has 112 valence electrons. The Kier molecular flexibility index (Phi) is 3.19. The Morgan fingerprint density at radius 1 is 1.14 bits per heavy atom. The first-order valence-corrected chi connectivity index (χ1v) is 7.45. The van der Waals surface area contributed by atoms with Crippen LogP contribution in [-0.2, 0) is 15.7 Å². The second-order valence-corrected chi connectivity index (χ2v) is 6.98. The van der Waals surface area contributed by atoms with E-state index in [1.54, 1.807) is 4.90 Å². The van der Waals surface area contributed by atoms with Gasteiger partial charge in [0.05, 0.1) is 11.2 Å². The van der Waals surface area contributed by atoms with E-state index in [-0.39, 0.29) is 24.2 Å². The van der Waals surface area contributed by atoms with Gasteiger partial charge in [0.25, 0.3) is 5.91 Å². The maximum absolute atomic E-state index is 12.1. The van der Waals surface area contributed by atoms with Crippen LogP contribution in [-0.4, -0.2) is 42.7 Å². The van der Waals surface area contributed by atoms with Gasteiger partial charge in [-0.05, 0) is 51.2 Å². The van der Waals surface area contributed by atoms with Crippen molar-refractivity contribution in [2.45, 2.75) is 45.3 Å². The summed E-state index contributed by atoms with van der Waals surface area (Å²) in [4.78, 5) is 13.9. The molecular formula is C16H22BNO3. The van der Waals surface area contributed by atoms with Crippen molar-refractivity contribution in [3.8, 4) is 0 Å². The van der Waals surface area contributed by atoms with Crippen LogP contribution in [0.25, 0.3) is 0 Å². The summed E-state index contributed by atoms with van der Waals surface area (Å²) in [6.45, 7) is 8.94. The lowest BCUT2D eigenvalue weighted by molar-refractivity contribution is 0.00578. The molecule has 0 bridgehead atoms. The minimum Gasteiger partial charge on any atom is -0.399 e. The van der Waals surface area contributed by atoms with Crippen LogP contribution < -0.4 is 5.46 Å². The minimum atomic E-state index is -0.366. The number of carbonyl (C=O) groups excluding carboxylic acids is 1. The first-order valence-electron chi connectivity index (χ1n) is 7.45. The first-order chi connectivity index (χ1) is 9.71. The van der Waals surface area contributed by atoms with Crippen LogP contribution in [0.15, 0.2) is 18.2 Å². The molecule has 0 atom stereocenters. The summed E-state index contributed by atoms with van der Waals surface area (Å²) in [5, 5.41) is 0. The number of carbonyl (C=O) groups is 1. The van der Waals surface area contributed by atoms with Crippen molar-refractivity contribution in [3.63, 3.8) is 0 Å². The molecule has 5 heteroatoms. The highest BCUT2D eigenvalue weighted by atomic mass is 16.7. The summed E-state index contributed by atoms with van der Waals surface area (Å²) < 4.78 is 12.1. The van der Waals surface area contributed by atoms with Crippen molar-refractivity contribution in [1.29, 1.82) is 0 Å². The van der Waals surface area contributed by atoms with Gasteiger partial charge >= 0.3 is 7.12 Å². The van der Waals surface area contributed by atoms with Crippen LogP contribution in [0.4, 0.5) is 0 Å². The summed E-state index contributed by atoms with van der Waals surface area (Å²) in [5.74, 6) is 0.0942. The van der Waals surface area contributed by atoms with E-state index in [0.29, 0.717) is 0 Å². The van der Waals surface area contributed by atoms with Gasteiger partial charge in [-0.3, -0.25) is 4.79 Å². The number of likely N-dealkylation sites (N-methyl/N-ethyl adjacent to an activating group) is 1. The fourth-order valence-corrected chi connectivity index (χ4v) is 2.75. The molecule has 2 aliphatic heterocycles. The fourth-order valence-electron chi connectivity index (χ4n) is 2.75. The largest absolute Gasteiger partial charge is 0.494 e. The number of hydrogen-bond acceptors (Lipinski definition) is 3. The van der Waals surface area contributed by atoms with Crippen molar-refractivity contribution in [1.82, 2.24) is 4.90 Å². The zero-order valence-corrected chi connectivity index (χ0v) is 13.4. The highest BCUT2D eigenvalue weighted by Crippen LogP contribution is 2.36. The van der Waals surface area contributed by atoms with Crippen LogP contribution in [0.1, 0.15) is 43.6 Å². The molecule has 0 N–H and O–H groups in total. The van der Waals surface area contributed by atoms with Crippen molar-refractivity contribution in [2.75, 3.05) is 13.6 Å². The molecule has 0 aromatic heterocycles. The van der Waals surface area contributed by atoms with Crippen LogP contribution in [0.2, 0.25) is 0 Å². The Bertz CT molecular complexity index is 581. The quantitative estimate of drug-likeness (QED) is 0.737. The molecule has 2 aliphatic rings. The zero-order chi connectivity index (χ0) is 15.4. The molecule has 0 radical (unpaired) electrons. The summed E-state index contributed by atoms with van der Waals surface area (Å²) in [7, 11) is 1.48. The topological polar surface area (TPSA) is 38.8 Å². The molecule has 21 heavy (non-hydrogen) atoms. The second kappa shape index (κ2) is 4.58. The molecule has 2 heterocycles. The van der Waals surface area contributed by atoms with E-state index in [1.807, 2.05) is 46.9 Å². The fraction of sp³-hybridized carbons (Fsp3) is 0.562. The second-order valence-electron chi connectivity index (χ2n) is 6.98. The Balaban J connectivity index is 1.91. The van der Waals surface area contributed by atoms with Gasteiger partial charge in [0.15, 0.2) is 0 Å². The van der Waals surface area contributed by atoms with Gasteiger partial charge in [-0.25, -0.2) is 0 Å². The number of fused-ring (bicyclic) bond motifs is 1. The maximum atomic E-state index is 12.1. The van der Waals surface area contributed by atoms with Gasteiger partial charge in [0.1, 0.15) is 0 Å². The van der Waals surface area contributed by atoms with E-state index >= 15 is 0 Å². The van der Waals surface area contributed by atoms with Crippen molar-refractivity contribution < 1.29 is 14.1 Å². The van der Waals surface area contributed by atoms with Gasteiger partial charge in [-0.2, -0.15) is 0 Å². The van der Waals surface area contributed by atoms with Crippen molar-refractivity contribution in [3.05, 3.63) is 29.3 Å². The lowest BCUT2D eigenvalue weighted by atomic mass is 9.77. The lowest BCUT2D eigenvalue weighted by Gasteiger charge is -2.32. The minimum absolute atomic E-state index is 0.0942. The van der Waals surface area contributed by atoms with Gasteiger partial charge in [0, 0.05) is 19.2 Å². The van der Waals surface area contributed by atoms with Gasteiger partial charge in [0.2, 0.25) is 0 Å². The van der Waals surface area contributed by atoms with Crippen LogP contribution >= 0.6 is 0 Å². The Labute approximate surface area is 126 Å². The van der Waals surface area contributed by atoms with E-state index < -0.39 is 0 Å². The molecule has 4 nitrogen and oxygen atoms in total. The summed E-state index contributed by atoms with van der Waals surface area (Å²) in [6.07, 6.45) is 0.880. The standard InChI is InChI=1S/C16H22BNO3/c1-15(2)16(3,4)21-17(20-15)12-6-7-13-11(10-12)8-9-18(5)14(13)19/h6-7,10H,8-9H2,1-5H3. The molecule has 1 aromatic rings. The maximum Gasteiger partial charge on any atom is 0.494 e. The van der Waals surface area contributed by atoms with Gasteiger partial charge < -0.3 is 14.2 Å². The third kappa shape index (κ3) is 2.28. The lowest BCUT2D eigenvalue weighted by Crippen LogP contribution is -2.41. The summed E-state index contributed by atoms with van der Waals surface area (Å²) in [5.41, 5.74) is 2.19. The molecule has 0 saturated carbocycles. The predicted octanol–water partition coefficient (Wildman–Crippen LogP) is 1.61. The molecule has 1 saturated heterocycles. The number of amides is 1. The number of benzene rings is 1. The molecule has 0 unspecified atom stereocenters. The Hall–Kier alpha value is -1.33. The summed E-state index contributed by atoms with van der Waals surface area (Å²) >= 11 is 0. The van der Waals surface area contributed by atoms with E-state index in [0.717, 1.165) is 29.6 Å². The van der Waals surface area contributed by atoms with Crippen LogP contribution in [0.3, 0.4) is 0 Å². The molecule has 0 spiro atoms. The van der Waals surface area contributed by atoms with E-state index in [1.165, 1.54) is 0 Å². The third-order valence-electron chi connectivity index (χ3n) is 4.95. The monoisotopic (exact) mass is 287 g/mol. The first kappa shape index (κ1) is 14.6. The SMILES string of the molecule is CN1CCc2cc(B3OC(C)(C)C(C)(C)O3)ccc2C1=O. The number of hydrogen-bond donors (Lipinski definition) is 0. The Morgan fingerprint density at radius 2 is 1.76 bits per heavy atom. The van der Waals surface area contributed by atoms with E-state index in [2.05, 4.69) is 6.07 Å². The normalized spacial score (nSPS) is 23.4. The van der Waals surface area contributed by atoms with E-state index in [9.17, 15) is 4.79 Å². The molecule has 3 rings (SSSR count). The molecule has 1 fully saturated rings. The molecule has 0 aliphatic carbocycles. The van der Waals surface area contributed by atoms with Crippen molar-refractivity contribution >= 4 is 18.5 Å². The average Bonchev–Trinajstić information content (AvgIpc) is 2.63. The molecule has 1 amide bonds. The zero-order valence-electron chi connectivity index (χ0n) is 13.4. The predicted molar refractivity (Wildman–Crippen MR) is 82.8 cm³/mol. The van der Waals surface area contributed by atoms with E-state index in [4.69, 9.17) is 9.31 Å². The number of rotatable bonds is 1. The van der Waals surface area contributed by atoms with Crippen LogP contribution in [0, 0.1) is 0 Å². The van der Waals surface area contributed by atoms with Gasteiger partial charge in [-0.1, -0.05) is 12.1 Å².